The van der Waals surface area contributed by atoms with Gasteiger partial charge in [-0.05, 0) is 38.8 Å². The van der Waals surface area contributed by atoms with Gasteiger partial charge < -0.3 is 15.5 Å². The predicted molar refractivity (Wildman–Crippen MR) is 79.9 cm³/mol. The molecule has 2 unspecified atom stereocenters. The van der Waals surface area contributed by atoms with Crippen molar-refractivity contribution >= 4 is 5.91 Å². The molecular formula is C15H31N3O. The Labute approximate surface area is 118 Å². The quantitative estimate of drug-likeness (QED) is 0.846. The summed E-state index contributed by atoms with van der Waals surface area (Å²) in [5.41, 5.74) is 5.99. The van der Waals surface area contributed by atoms with Gasteiger partial charge in [0.15, 0.2) is 0 Å². The van der Waals surface area contributed by atoms with Crippen molar-refractivity contribution in [2.75, 3.05) is 33.2 Å². The normalized spacial score (nSPS) is 24.1. The number of hydrogen-bond acceptors (Lipinski definition) is 3. The third-order valence-corrected chi connectivity index (χ3v) is 3.82. The van der Waals surface area contributed by atoms with Crippen molar-refractivity contribution in [1.29, 1.82) is 0 Å². The van der Waals surface area contributed by atoms with E-state index in [1.165, 1.54) is 0 Å². The van der Waals surface area contributed by atoms with Crippen molar-refractivity contribution in [3.05, 3.63) is 0 Å². The van der Waals surface area contributed by atoms with Crippen molar-refractivity contribution in [3.63, 3.8) is 0 Å². The van der Waals surface area contributed by atoms with E-state index in [1.807, 2.05) is 4.90 Å². The van der Waals surface area contributed by atoms with E-state index >= 15 is 0 Å². The number of rotatable bonds is 3. The van der Waals surface area contributed by atoms with Crippen molar-refractivity contribution in [3.8, 4) is 0 Å². The number of amides is 1. The van der Waals surface area contributed by atoms with Crippen LogP contribution < -0.4 is 5.73 Å². The zero-order valence-corrected chi connectivity index (χ0v) is 13.3. The van der Waals surface area contributed by atoms with Crippen molar-refractivity contribution in [2.24, 2.45) is 17.1 Å². The van der Waals surface area contributed by atoms with Crippen LogP contribution in [0.2, 0.25) is 0 Å². The Morgan fingerprint density at radius 2 is 2.00 bits per heavy atom. The van der Waals surface area contributed by atoms with Gasteiger partial charge in [-0.25, -0.2) is 0 Å². The summed E-state index contributed by atoms with van der Waals surface area (Å²) < 4.78 is 0. The summed E-state index contributed by atoms with van der Waals surface area (Å²) in [6.07, 6.45) is 1.92. The molecule has 0 aromatic heterocycles. The highest BCUT2D eigenvalue weighted by Gasteiger charge is 2.31. The SMILES string of the molecule is CC1CN(C)CCCN1C(=O)C(CN)CC(C)(C)C. The molecule has 1 heterocycles. The third-order valence-electron chi connectivity index (χ3n) is 3.82. The van der Waals surface area contributed by atoms with Crippen molar-refractivity contribution in [2.45, 2.75) is 46.6 Å². The van der Waals surface area contributed by atoms with E-state index in [9.17, 15) is 4.79 Å². The van der Waals surface area contributed by atoms with Crippen LogP contribution in [0.15, 0.2) is 0 Å². The molecule has 1 aliphatic rings. The molecule has 0 aliphatic carbocycles. The molecule has 1 rings (SSSR count). The highest BCUT2D eigenvalue weighted by Crippen LogP contribution is 2.26. The molecule has 0 saturated carbocycles. The summed E-state index contributed by atoms with van der Waals surface area (Å²) in [5.74, 6) is 0.214. The van der Waals surface area contributed by atoms with Crippen molar-refractivity contribution < 1.29 is 4.79 Å². The second-order valence-corrected chi connectivity index (χ2v) is 7.19. The first-order valence-corrected chi connectivity index (χ1v) is 7.43. The maximum absolute atomic E-state index is 12.7. The molecule has 0 aromatic carbocycles. The van der Waals surface area contributed by atoms with Gasteiger partial charge in [-0.3, -0.25) is 4.79 Å². The average Bonchev–Trinajstić information content (AvgIpc) is 2.45. The van der Waals surface area contributed by atoms with Gasteiger partial charge in [-0.2, -0.15) is 0 Å². The molecule has 112 valence electrons. The molecule has 1 amide bonds. The van der Waals surface area contributed by atoms with Crippen LogP contribution in [0.25, 0.3) is 0 Å². The smallest absolute Gasteiger partial charge is 0.227 e. The van der Waals surface area contributed by atoms with Gasteiger partial charge in [0.25, 0.3) is 0 Å². The molecule has 1 fully saturated rings. The van der Waals surface area contributed by atoms with E-state index in [2.05, 4.69) is 39.6 Å². The van der Waals surface area contributed by atoms with E-state index < -0.39 is 0 Å². The fraction of sp³-hybridized carbons (Fsp3) is 0.933. The van der Waals surface area contributed by atoms with Gasteiger partial charge in [-0.1, -0.05) is 20.8 Å². The highest BCUT2D eigenvalue weighted by atomic mass is 16.2. The van der Waals surface area contributed by atoms with Gasteiger partial charge >= 0.3 is 0 Å². The maximum atomic E-state index is 12.7. The molecule has 4 nitrogen and oxygen atoms in total. The first-order valence-electron chi connectivity index (χ1n) is 7.43. The molecule has 0 radical (unpaired) electrons. The van der Waals surface area contributed by atoms with Crippen LogP contribution in [0.3, 0.4) is 0 Å². The number of nitrogens with two attached hydrogens (primary N) is 1. The summed E-state index contributed by atoms with van der Waals surface area (Å²) in [7, 11) is 2.13. The number of likely N-dealkylation sites (N-methyl/N-ethyl adjacent to an activating group) is 1. The molecular weight excluding hydrogens is 238 g/mol. The first kappa shape index (κ1) is 16.4. The second kappa shape index (κ2) is 6.71. The molecule has 2 N–H and O–H groups in total. The van der Waals surface area contributed by atoms with Crippen LogP contribution in [0.5, 0.6) is 0 Å². The maximum Gasteiger partial charge on any atom is 0.227 e. The number of nitrogens with zero attached hydrogens (tertiary/aromatic N) is 2. The van der Waals surface area contributed by atoms with E-state index in [4.69, 9.17) is 5.73 Å². The van der Waals surface area contributed by atoms with E-state index in [-0.39, 0.29) is 23.3 Å². The standard InChI is InChI=1S/C15H31N3O/c1-12-11-17(5)7-6-8-18(12)14(19)13(10-16)9-15(2,3)4/h12-13H,6-11,16H2,1-5H3. The number of carbonyl (C=O) groups excluding carboxylic acids is 1. The fourth-order valence-electron chi connectivity index (χ4n) is 2.94. The van der Waals surface area contributed by atoms with Crippen LogP contribution >= 0.6 is 0 Å². The Morgan fingerprint density at radius 3 is 2.53 bits per heavy atom. The summed E-state index contributed by atoms with van der Waals surface area (Å²) in [4.78, 5) is 17.1. The fourth-order valence-corrected chi connectivity index (χ4v) is 2.94. The van der Waals surface area contributed by atoms with Gasteiger partial charge in [0, 0.05) is 25.7 Å². The zero-order chi connectivity index (χ0) is 14.6. The Balaban J connectivity index is 2.72. The summed E-state index contributed by atoms with van der Waals surface area (Å²) >= 11 is 0. The topological polar surface area (TPSA) is 49.6 Å². The summed E-state index contributed by atoms with van der Waals surface area (Å²) in [5, 5.41) is 0. The number of hydrogen-bond donors (Lipinski definition) is 1. The Bertz CT molecular complexity index is 298. The van der Waals surface area contributed by atoms with Crippen LogP contribution in [-0.4, -0.2) is 55.0 Å². The minimum absolute atomic E-state index is 0.0362. The second-order valence-electron chi connectivity index (χ2n) is 7.19. The van der Waals surface area contributed by atoms with Crippen LogP contribution in [0, 0.1) is 11.3 Å². The van der Waals surface area contributed by atoms with Gasteiger partial charge in [0.2, 0.25) is 5.91 Å². The summed E-state index contributed by atoms with van der Waals surface area (Å²) in [6.45, 7) is 12.0. The first-order chi connectivity index (χ1) is 8.74. The lowest BCUT2D eigenvalue weighted by molar-refractivity contribution is -0.138. The van der Waals surface area contributed by atoms with E-state index in [1.54, 1.807) is 0 Å². The molecule has 1 saturated heterocycles. The Hall–Kier alpha value is -0.610. The predicted octanol–water partition coefficient (Wildman–Crippen LogP) is 1.55. The molecule has 2 atom stereocenters. The van der Waals surface area contributed by atoms with Crippen LogP contribution in [-0.2, 0) is 4.79 Å². The van der Waals surface area contributed by atoms with Gasteiger partial charge in [0.05, 0.1) is 5.92 Å². The molecule has 0 aromatic rings. The number of carbonyl (C=O) groups is 1. The van der Waals surface area contributed by atoms with Crippen LogP contribution in [0.4, 0.5) is 0 Å². The van der Waals surface area contributed by atoms with E-state index in [0.717, 1.165) is 32.5 Å². The summed E-state index contributed by atoms with van der Waals surface area (Å²) in [6, 6.07) is 0.286. The largest absolute Gasteiger partial charge is 0.338 e. The highest BCUT2D eigenvalue weighted by molar-refractivity contribution is 5.79. The Morgan fingerprint density at radius 1 is 1.37 bits per heavy atom. The molecule has 1 aliphatic heterocycles. The lowest BCUT2D eigenvalue weighted by atomic mass is 9.84. The minimum Gasteiger partial charge on any atom is -0.338 e. The lowest BCUT2D eigenvalue weighted by Crippen LogP contribution is -2.47. The Kier molecular flexibility index (Phi) is 5.81. The molecule has 19 heavy (non-hydrogen) atoms. The van der Waals surface area contributed by atoms with E-state index in [0.29, 0.717) is 6.54 Å². The molecule has 0 spiro atoms. The van der Waals surface area contributed by atoms with Crippen LogP contribution in [0.1, 0.15) is 40.5 Å². The molecule has 0 bridgehead atoms. The zero-order valence-electron chi connectivity index (χ0n) is 13.3. The molecule has 4 heteroatoms. The monoisotopic (exact) mass is 269 g/mol. The van der Waals surface area contributed by atoms with Gasteiger partial charge in [-0.15, -0.1) is 0 Å². The average molecular weight is 269 g/mol. The minimum atomic E-state index is -0.0362. The van der Waals surface area contributed by atoms with Gasteiger partial charge in [0.1, 0.15) is 0 Å². The lowest BCUT2D eigenvalue weighted by Gasteiger charge is -2.33. The third kappa shape index (κ3) is 5.11. The van der Waals surface area contributed by atoms with Crippen molar-refractivity contribution in [1.82, 2.24) is 9.80 Å².